The van der Waals surface area contributed by atoms with Crippen molar-refractivity contribution in [2.75, 3.05) is 20.2 Å². The summed E-state index contributed by atoms with van der Waals surface area (Å²) in [5.74, 6) is 2.98. The molecule has 4 rings (SSSR count). The lowest BCUT2D eigenvalue weighted by molar-refractivity contribution is -0.130. The van der Waals surface area contributed by atoms with Gasteiger partial charge in [-0.1, -0.05) is 12.1 Å². The third kappa shape index (κ3) is 3.43. The molecule has 0 radical (unpaired) electrons. The smallest absolute Gasteiger partial charge is 0.219 e. The zero-order valence-electron chi connectivity index (χ0n) is 16.3. The maximum absolute atomic E-state index is 11.7. The molecule has 3 heterocycles. The molecule has 0 unspecified atom stereocenters. The zero-order chi connectivity index (χ0) is 19.0. The van der Waals surface area contributed by atoms with Gasteiger partial charge in [-0.15, -0.1) is 10.2 Å². The molecule has 0 aliphatic carbocycles. The number of ether oxygens (including phenoxy) is 1. The van der Waals surface area contributed by atoms with Crippen LogP contribution in [-0.2, 0) is 24.4 Å². The normalized spacial score (nSPS) is 20.0. The van der Waals surface area contributed by atoms with Crippen molar-refractivity contribution in [1.29, 1.82) is 0 Å². The SMILES string of the molecule is COc1cc(C)ccc1CN1CCC[C@@H]1c1nnc2n1CCN(C(C)=O)C2. The summed E-state index contributed by atoms with van der Waals surface area (Å²) in [6, 6.07) is 6.66. The van der Waals surface area contributed by atoms with Crippen molar-refractivity contribution in [2.24, 2.45) is 0 Å². The van der Waals surface area contributed by atoms with Crippen LogP contribution in [0.5, 0.6) is 5.75 Å². The minimum absolute atomic E-state index is 0.0970. The number of likely N-dealkylation sites (tertiary alicyclic amines) is 1. The molecule has 2 aliphatic rings. The van der Waals surface area contributed by atoms with Crippen LogP contribution < -0.4 is 4.74 Å². The van der Waals surface area contributed by atoms with E-state index in [0.29, 0.717) is 6.54 Å². The molecule has 1 aromatic heterocycles. The molecule has 0 saturated carbocycles. The molecular weight excluding hydrogens is 342 g/mol. The fourth-order valence-corrected chi connectivity index (χ4v) is 4.20. The Hall–Kier alpha value is -2.41. The van der Waals surface area contributed by atoms with Crippen LogP contribution in [0.25, 0.3) is 0 Å². The maximum atomic E-state index is 11.7. The first kappa shape index (κ1) is 18.0. The van der Waals surface area contributed by atoms with Crippen molar-refractivity contribution >= 4 is 5.91 Å². The van der Waals surface area contributed by atoms with Gasteiger partial charge >= 0.3 is 0 Å². The Morgan fingerprint density at radius 1 is 1.26 bits per heavy atom. The first-order chi connectivity index (χ1) is 13.1. The molecule has 0 spiro atoms. The Morgan fingerprint density at radius 2 is 2.11 bits per heavy atom. The molecular formula is C20H27N5O2. The summed E-state index contributed by atoms with van der Waals surface area (Å²) in [4.78, 5) is 16.0. The number of hydrogen-bond donors (Lipinski definition) is 0. The second-order valence-corrected chi connectivity index (χ2v) is 7.51. The second kappa shape index (κ2) is 7.31. The Balaban J connectivity index is 1.56. The minimum Gasteiger partial charge on any atom is -0.496 e. The molecule has 0 N–H and O–H groups in total. The third-order valence-corrected chi connectivity index (χ3v) is 5.70. The van der Waals surface area contributed by atoms with Crippen LogP contribution in [0.2, 0.25) is 0 Å². The average molecular weight is 369 g/mol. The van der Waals surface area contributed by atoms with Crippen LogP contribution in [-0.4, -0.2) is 50.7 Å². The highest BCUT2D eigenvalue weighted by Crippen LogP contribution is 2.34. The van der Waals surface area contributed by atoms with E-state index in [1.54, 1.807) is 14.0 Å². The van der Waals surface area contributed by atoms with Gasteiger partial charge in [0.25, 0.3) is 0 Å². The molecule has 1 amide bonds. The molecule has 2 aliphatic heterocycles. The van der Waals surface area contributed by atoms with Crippen LogP contribution in [0.1, 0.15) is 48.6 Å². The molecule has 144 valence electrons. The highest BCUT2D eigenvalue weighted by Gasteiger charge is 2.33. The Kier molecular flexibility index (Phi) is 4.86. The standard InChI is InChI=1S/C20H27N5O2/c1-14-6-7-16(18(11-14)27-3)12-24-8-4-5-17(24)20-22-21-19-13-23(15(2)26)9-10-25(19)20/h6-7,11,17H,4-5,8-10,12-13H2,1-3H3/t17-/m1/s1. The Bertz CT molecular complexity index is 847. The van der Waals surface area contributed by atoms with E-state index >= 15 is 0 Å². The fourth-order valence-electron chi connectivity index (χ4n) is 4.20. The van der Waals surface area contributed by atoms with Crippen molar-refractivity contribution in [3.63, 3.8) is 0 Å². The lowest BCUT2D eigenvalue weighted by Gasteiger charge is -2.29. The van der Waals surface area contributed by atoms with Crippen molar-refractivity contribution in [2.45, 2.75) is 52.4 Å². The number of aromatic nitrogens is 3. The minimum atomic E-state index is 0.0970. The van der Waals surface area contributed by atoms with Gasteiger partial charge in [0, 0.05) is 32.1 Å². The summed E-state index contributed by atoms with van der Waals surface area (Å²) in [5.41, 5.74) is 2.41. The van der Waals surface area contributed by atoms with Gasteiger partial charge in [0.15, 0.2) is 11.6 Å². The number of amides is 1. The lowest BCUT2D eigenvalue weighted by Crippen LogP contribution is -2.38. The van der Waals surface area contributed by atoms with E-state index in [2.05, 4.69) is 44.8 Å². The van der Waals surface area contributed by atoms with Crippen molar-refractivity contribution in [3.05, 3.63) is 41.0 Å². The number of benzene rings is 1. The zero-order valence-corrected chi connectivity index (χ0v) is 16.3. The topological polar surface area (TPSA) is 63.5 Å². The number of methoxy groups -OCH3 is 1. The number of fused-ring (bicyclic) bond motifs is 1. The van der Waals surface area contributed by atoms with E-state index in [1.807, 2.05) is 4.90 Å². The van der Waals surface area contributed by atoms with Crippen LogP contribution in [0, 0.1) is 6.92 Å². The van der Waals surface area contributed by atoms with Crippen LogP contribution in [0.15, 0.2) is 18.2 Å². The molecule has 7 heteroatoms. The van der Waals surface area contributed by atoms with Gasteiger partial charge in [-0.05, 0) is 37.9 Å². The number of hydrogen-bond acceptors (Lipinski definition) is 5. The van der Waals surface area contributed by atoms with Gasteiger partial charge < -0.3 is 14.2 Å². The predicted octanol–water partition coefficient (Wildman–Crippen LogP) is 2.29. The summed E-state index contributed by atoms with van der Waals surface area (Å²) in [5, 5.41) is 8.91. The molecule has 1 aromatic carbocycles. The van der Waals surface area contributed by atoms with Gasteiger partial charge in [0.1, 0.15) is 5.75 Å². The summed E-state index contributed by atoms with van der Waals surface area (Å²) in [7, 11) is 1.73. The van der Waals surface area contributed by atoms with E-state index in [4.69, 9.17) is 4.74 Å². The average Bonchev–Trinajstić information content (AvgIpc) is 3.28. The van der Waals surface area contributed by atoms with Gasteiger partial charge in [-0.2, -0.15) is 0 Å². The molecule has 27 heavy (non-hydrogen) atoms. The largest absolute Gasteiger partial charge is 0.496 e. The van der Waals surface area contributed by atoms with Crippen molar-refractivity contribution in [3.8, 4) is 5.75 Å². The second-order valence-electron chi connectivity index (χ2n) is 7.51. The van der Waals surface area contributed by atoms with Crippen LogP contribution >= 0.6 is 0 Å². The van der Waals surface area contributed by atoms with E-state index in [-0.39, 0.29) is 11.9 Å². The number of carbonyl (C=O) groups excluding carboxylic acids is 1. The van der Waals surface area contributed by atoms with Crippen LogP contribution in [0.4, 0.5) is 0 Å². The predicted molar refractivity (Wildman–Crippen MR) is 101 cm³/mol. The summed E-state index contributed by atoms with van der Waals surface area (Å²) >= 11 is 0. The highest BCUT2D eigenvalue weighted by atomic mass is 16.5. The third-order valence-electron chi connectivity index (χ3n) is 5.70. The van der Waals surface area contributed by atoms with Crippen LogP contribution in [0.3, 0.4) is 0 Å². The summed E-state index contributed by atoms with van der Waals surface area (Å²) in [6.07, 6.45) is 2.24. The van der Waals surface area contributed by atoms with Gasteiger partial charge in [-0.25, -0.2) is 0 Å². The van der Waals surface area contributed by atoms with Crippen molar-refractivity contribution < 1.29 is 9.53 Å². The van der Waals surface area contributed by atoms with Gasteiger partial charge in [0.2, 0.25) is 5.91 Å². The quantitative estimate of drug-likeness (QED) is 0.827. The van der Waals surface area contributed by atoms with E-state index in [1.165, 1.54) is 11.1 Å². The van der Waals surface area contributed by atoms with E-state index < -0.39 is 0 Å². The first-order valence-electron chi connectivity index (χ1n) is 9.62. The molecule has 1 saturated heterocycles. The Labute approximate surface area is 159 Å². The number of aryl methyl sites for hydroxylation is 1. The molecule has 7 nitrogen and oxygen atoms in total. The summed E-state index contributed by atoms with van der Waals surface area (Å²) < 4.78 is 7.81. The van der Waals surface area contributed by atoms with E-state index in [9.17, 15) is 4.79 Å². The monoisotopic (exact) mass is 369 g/mol. The molecule has 2 aromatic rings. The molecule has 1 fully saturated rings. The number of rotatable bonds is 4. The molecule has 1 atom stereocenters. The Morgan fingerprint density at radius 3 is 2.89 bits per heavy atom. The fraction of sp³-hybridized carbons (Fsp3) is 0.550. The highest BCUT2D eigenvalue weighted by molar-refractivity contribution is 5.73. The van der Waals surface area contributed by atoms with Gasteiger partial charge in [-0.3, -0.25) is 9.69 Å². The van der Waals surface area contributed by atoms with Crippen molar-refractivity contribution in [1.82, 2.24) is 24.6 Å². The summed E-state index contributed by atoms with van der Waals surface area (Å²) in [6.45, 7) is 7.64. The lowest BCUT2D eigenvalue weighted by atomic mass is 10.1. The van der Waals surface area contributed by atoms with E-state index in [0.717, 1.165) is 56.4 Å². The molecule has 0 bridgehead atoms. The maximum Gasteiger partial charge on any atom is 0.219 e. The number of nitrogens with zero attached hydrogens (tertiary/aromatic N) is 5. The first-order valence-corrected chi connectivity index (χ1v) is 9.62. The number of carbonyl (C=O) groups is 1. The van der Waals surface area contributed by atoms with Gasteiger partial charge in [0.05, 0.1) is 19.7 Å².